The van der Waals surface area contributed by atoms with E-state index in [1.807, 2.05) is 0 Å². The van der Waals surface area contributed by atoms with Gasteiger partial charge in [0.25, 0.3) is 0 Å². The van der Waals surface area contributed by atoms with Crippen molar-refractivity contribution in [1.82, 2.24) is 0 Å². The van der Waals surface area contributed by atoms with Gasteiger partial charge in [-0.05, 0) is 56.8 Å². The predicted molar refractivity (Wildman–Crippen MR) is 100 cm³/mol. The minimum atomic E-state index is -0.133. The largest absolute Gasteiger partial charge is 0.465 e. The maximum Gasteiger partial charge on any atom is 0.308 e. The van der Waals surface area contributed by atoms with Crippen molar-refractivity contribution < 1.29 is 19.1 Å². The molecule has 0 bridgehead atoms. The van der Waals surface area contributed by atoms with Gasteiger partial charge in [0.15, 0.2) is 0 Å². The molecule has 0 spiro atoms. The van der Waals surface area contributed by atoms with E-state index in [4.69, 9.17) is 9.47 Å². The Morgan fingerprint density at radius 3 is 1.80 bits per heavy atom. The van der Waals surface area contributed by atoms with Crippen molar-refractivity contribution >= 4 is 11.9 Å². The summed E-state index contributed by atoms with van der Waals surface area (Å²) < 4.78 is 10.8. The zero-order valence-electron chi connectivity index (χ0n) is 16.7. The van der Waals surface area contributed by atoms with Crippen molar-refractivity contribution in [2.75, 3.05) is 13.2 Å². The van der Waals surface area contributed by atoms with Gasteiger partial charge in [0.2, 0.25) is 0 Å². The molecule has 0 aromatic carbocycles. The highest BCUT2D eigenvalue weighted by Crippen LogP contribution is 2.31. The normalized spacial score (nSPS) is 20.7. The molecule has 25 heavy (non-hydrogen) atoms. The summed E-state index contributed by atoms with van der Waals surface area (Å²) in [5, 5.41) is 0. The highest BCUT2D eigenvalue weighted by atomic mass is 16.5. The van der Waals surface area contributed by atoms with Crippen LogP contribution in [0.5, 0.6) is 0 Å². The van der Waals surface area contributed by atoms with E-state index < -0.39 is 0 Å². The topological polar surface area (TPSA) is 52.6 Å². The smallest absolute Gasteiger partial charge is 0.308 e. The first-order chi connectivity index (χ1) is 11.9. The maximum absolute atomic E-state index is 12.2. The minimum absolute atomic E-state index is 0.123. The number of unbranched alkanes of at least 4 members (excludes halogenated alkanes) is 1. The molecule has 0 N–H and O–H groups in total. The van der Waals surface area contributed by atoms with E-state index in [1.165, 1.54) is 6.42 Å². The van der Waals surface area contributed by atoms with E-state index >= 15 is 0 Å². The predicted octanol–water partition coefficient (Wildman–Crippen LogP) is 5.14. The van der Waals surface area contributed by atoms with Gasteiger partial charge in [-0.25, -0.2) is 0 Å². The summed E-state index contributed by atoms with van der Waals surface area (Å²) >= 11 is 0. The Hall–Kier alpha value is -1.06. The summed E-state index contributed by atoms with van der Waals surface area (Å²) in [5.41, 5.74) is 0. The number of hydrogen-bond donors (Lipinski definition) is 0. The standard InChI is InChI=1S/C21H38O4/c1-16(2)9-5-6-13-24-20(22)18-11-7-12-19(15-18)21(23)25-14-8-10-17(3)4/h16-19H,5-15H2,1-4H3. The van der Waals surface area contributed by atoms with Crippen LogP contribution in [0, 0.1) is 23.7 Å². The molecule has 4 heteroatoms. The molecular weight excluding hydrogens is 316 g/mol. The lowest BCUT2D eigenvalue weighted by Gasteiger charge is -2.26. The molecule has 1 aliphatic rings. The van der Waals surface area contributed by atoms with Crippen LogP contribution >= 0.6 is 0 Å². The van der Waals surface area contributed by atoms with Gasteiger partial charge in [-0.1, -0.05) is 40.5 Å². The molecule has 1 saturated carbocycles. The average Bonchev–Trinajstić information content (AvgIpc) is 2.57. The Bertz CT molecular complexity index is 389. The zero-order chi connectivity index (χ0) is 18.7. The average molecular weight is 355 g/mol. The minimum Gasteiger partial charge on any atom is -0.465 e. The van der Waals surface area contributed by atoms with Crippen LogP contribution in [0.15, 0.2) is 0 Å². The first-order valence-corrected chi connectivity index (χ1v) is 10.2. The van der Waals surface area contributed by atoms with Gasteiger partial charge in [-0.3, -0.25) is 9.59 Å². The molecular formula is C21H38O4. The second kappa shape index (κ2) is 12.3. The summed E-state index contributed by atoms with van der Waals surface area (Å²) in [5.74, 6) is 0.813. The molecule has 0 aromatic heterocycles. The van der Waals surface area contributed by atoms with Crippen LogP contribution in [0.3, 0.4) is 0 Å². The van der Waals surface area contributed by atoms with Crippen molar-refractivity contribution in [3.05, 3.63) is 0 Å². The van der Waals surface area contributed by atoms with Crippen molar-refractivity contribution in [1.29, 1.82) is 0 Å². The van der Waals surface area contributed by atoms with Crippen LogP contribution in [0.1, 0.15) is 85.5 Å². The molecule has 0 saturated heterocycles. The number of hydrogen-bond acceptors (Lipinski definition) is 4. The summed E-state index contributed by atoms with van der Waals surface area (Å²) in [6, 6.07) is 0. The summed E-state index contributed by atoms with van der Waals surface area (Å²) in [6.07, 6.45) is 8.35. The zero-order valence-corrected chi connectivity index (χ0v) is 16.7. The lowest BCUT2D eigenvalue weighted by molar-refractivity contribution is -0.155. The van der Waals surface area contributed by atoms with Gasteiger partial charge in [-0.15, -0.1) is 0 Å². The highest BCUT2D eigenvalue weighted by molar-refractivity contribution is 5.76. The second-order valence-corrected chi connectivity index (χ2v) is 8.32. The lowest BCUT2D eigenvalue weighted by atomic mass is 9.81. The molecule has 2 atom stereocenters. The lowest BCUT2D eigenvalue weighted by Crippen LogP contribution is -2.30. The molecule has 0 radical (unpaired) electrons. The van der Waals surface area contributed by atoms with Crippen LogP contribution in [0.4, 0.5) is 0 Å². The number of carbonyl (C=O) groups is 2. The Morgan fingerprint density at radius 2 is 1.28 bits per heavy atom. The summed E-state index contributed by atoms with van der Waals surface area (Å²) in [4.78, 5) is 24.4. The van der Waals surface area contributed by atoms with E-state index in [-0.39, 0.29) is 23.8 Å². The van der Waals surface area contributed by atoms with Crippen LogP contribution in [0.25, 0.3) is 0 Å². The van der Waals surface area contributed by atoms with Crippen LogP contribution in [-0.4, -0.2) is 25.2 Å². The molecule has 0 amide bonds. The van der Waals surface area contributed by atoms with Crippen molar-refractivity contribution in [2.24, 2.45) is 23.7 Å². The van der Waals surface area contributed by atoms with Gasteiger partial charge in [-0.2, -0.15) is 0 Å². The molecule has 146 valence electrons. The fourth-order valence-electron chi connectivity index (χ4n) is 3.35. The fraction of sp³-hybridized carbons (Fsp3) is 0.905. The SMILES string of the molecule is CC(C)CCCCOC(=O)C1CCCC(C(=O)OCCCC(C)C)C1. The third kappa shape index (κ3) is 9.86. The van der Waals surface area contributed by atoms with Crippen molar-refractivity contribution in [3.8, 4) is 0 Å². The van der Waals surface area contributed by atoms with Crippen molar-refractivity contribution in [2.45, 2.75) is 85.5 Å². The number of carbonyl (C=O) groups excluding carboxylic acids is 2. The van der Waals surface area contributed by atoms with E-state index in [0.717, 1.165) is 44.9 Å². The third-order valence-electron chi connectivity index (χ3n) is 4.93. The quantitative estimate of drug-likeness (QED) is 0.381. The summed E-state index contributed by atoms with van der Waals surface area (Å²) in [6.45, 7) is 9.75. The molecule has 4 nitrogen and oxygen atoms in total. The first kappa shape index (κ1) is 22.0. The van der Waals surface area contributed by atoms with Gasteiger partial charge in [0.05, 0.1) is 25.0 Å². The Balaban J connectivity index is 2.23. The molecule has 1 aliphatic carbocycles. The fourth-order valence-corrected chi connectivity index (χ4v) is 3.35. The molecule has 0 heterocycles. The van der Waals surface area contributed by atoms with Crippen LogP contribution in [-0.2, 0) is 19.1 Å². The maximum atomic E-state index is 12.2. The van der Waals surface area contributed by atoms with Gasteiger partial charge in [0.1, 0.15) is 0 Å². The van der Waals surface area contributed by atoms with Gasteiger partial charge >= 0.3 is 11.9 Å². The molecule has 0 aliphatic heterocycles. The van der Waals surface area contributed by atoms with E-state index in [9.17, 15) is 9.59 Å². The highest BCUT2D eigenvalue weighted by Gasteiger charge is 2.32. The first-order valence-electron chi connectivity index (χ1n) is 10.2. The molecule has 1 rings (SSSR count). The molecule has 2 unspecified atom stereocenters. The van der Waals surface area contributed by atoms with E-state index in [0.29, 0.717) is 31.5 Å². The molecule has 0 aromatic rings. The van der Waals surface area contributed by atoms with Gasteiger partial charge < -0.3 is 9.47 Å². The third-order valence-corrected chi connectivity index (χ3v) is 4.93. The van der Waals surface area contributed by atoms with Crippen LogP contribution in [0.2, 0.25) is 0 Å². The van der Waals surface area contributed by atoms with Gasteiger partial charge in [0, 0.05) is 0 Å². The van der Waals surface area contributed by atoms with Crippen molar-refractivity contribution in [3.63, 3.8) is 0 Å². The summed E-state index contributed by atoms with van der Waals surface area (Å²) in [7, 11) is 0. The Morgan fingerprint density at radius 1 is 0.800 bits per heavy atom. The second-order valence-electron chi connectivity index (χ2n) is 8.32. The molecule has 1 fully saturated rings. The number of esters is 2. The van der Waals surface area contributed by atoms with E-state index in [1.54, 1.807) is 0 Å². The van der Waals surface area contributed by atoms with E-state index in [2.05, 4.69) is 27.7 Å². The monoisotopic (exact) mass is 354 g/mol. The number of rotatable bonds is 11. The van der Waals surface area contributed by atoms with Crippen LogP contribution < -0.4 is 0 Å². The Kier molecular flexibility index (Phi) is 10.8. The Labute approximate surface area is 154 Å². The number of ether oxygens (including phenoxy) is 2.